The third kappa shape index (κ3) is 2.86. The zero-order valence-electron chi connectivity index (χ0n) is 14.3. The van der Waals surface area contributed by atoms with Crippen molar-refractivity contribution in [3.63, 3.8) is 0 Å². The number of ether oxygens (including phenoxy) is 1. The van der Waals surface area contributed by atoms with Crippen LogP contribution in [0.5, 0.6) is 0 Å². The second-order valence-electron chi connectivity index (χ2n) is 6.58. The van der Waals surface area contributed by atoms with Gasteiger partial charge in [-0.2, -0.15) is 0 Å². The summed E-state index contributed by atoms with van der Waals surface area (Å²) < 4.78 is 5.13. The molecule has 1 aliphatic carbocycles. The fraction of sp³-hybridized carbons (Fsp3) is 0.588. The molecular formula is C17H23N3O3S. The molecule has 2 aromatic rings. The Morgan fingerprint density at radius 3 is 3.04 bits per heavy atom. The lowest BCUT2D eigenvalue weighted by Crippen LogP contribution is -2.36. The van der Waals surface area contributed by atoms with Crippen LogP contribution in [0.2, 0.25) is 0 Å². The number of fused-ring (bicyclic) bond motifs is 1. The van der Waals surface area contributed by atoms with E-state index in [9.17, 15) is 9.90 Å². The van der Waals surface area contributed by atoms with Gasteiger partial charge in [0.25, 0.3) is 0 Å². The van der Waals surface area contributed by atoms with E-state index in [0.717, 1.165) is 40.9 Å². The SMILES string of the molecule is CCOC(=O)c1sc2ncnc(NC3CCCC3(C)CO)c2c1C. The summed E-state index contributed by atoms with van der Waals surface area (Å²) in [4.78, 5) is 22.2. The van der Waals surface area contributed by atoms with Crippen molar-refractivity contribution in [2.45, 2.75) is 46.1 Å². The number of esters is 1. The Morgan fingerprint density at radius 2 is 2.33 bits per heavy atom. The van der Waals surface area contributed by atoms with Crippen molar-refractivity contribution in [3.05, 3.63) is 16.8 Å². The van der Waals surface area contributed by atoms with E-state index < -0.39 is 0 Å². The molecule has 7 heteroatoms. The van der Waals surface area contributed by atoms with E-state index in [2.05, 4.69) is 22.2 Å². The summed E-state index contributed by atoms with van der Waals surface area (Å²) >= 11 is 1.33. The number of aryl methyl sites for hydroxylation is 1. The minimum atomic E-state index is -0.315. The van der Waals surface area contributed by atoms with E-state index in [1.807, 2.05) is 6.92 Å². The number of carbonyl (C=O) groups is 1. The summed E-state index contributed by atoms with van der Waals surface area (Å²) in [5.41, 5.74) is 0.700. The molecule has 2 aromatic heterocycles. The molecule has 2 heterocycles. The molecule has 0 saturated heterocycles. The van der Waals surface area contributed by atoms with Gasteiger partial charge in [0.2, 0.25) is 0 Å². The van der Waals surface area contributed by atoms with E-state index in [1.54, 1.807) is 6.92 Å². The zero-order valence-corrected chi connectivity index (χ0v) is 15.1. The van der Waals surface area contributed by atoms with Crippen molar-refractivity contribution >= 4 is 33.3 Å². The van der Waals surface area contributed by atoms with Crippen LogP contribution in [-0.2, 0) is 4.74 Å². The van der Waals surface area contributed by atoms with Gasteiger partial charge < -0.3 is 15.2 Å². The monoisotopic (exact) mass is 349 g/mol. The van der Waals surface area contributed by atoms with Crippen LogP contribution < -0.4 is 5.32 Å². The van der Waals surface area contributed by atoms with Crippen molar-refractivity contribution in [2.75, 3.05) is 18.5 Å². The van der Waals surface area contributed by atoms with Gasteiger partial charge in [0.15, 0.2) is 0 Å². The van der Waals surface area contributed by atoms with Gasteiger partial charge >= 0.3 is 5.97 Å². The maximum atomic E-state index is 12.1. The Balaban J connectivity index is 1.98. The second-order valence-corrected chi connectivity index (χ2v) is 7.58. The molecule has 0 radical (unpaired) electrons. The molecule has 0 spiro atoms. The number of nitrogens with one attached hydrogen (secondary N) is 1. The fourth-order valence-corrected chi connectivity index (χ4v) is 4.45. The molecule has 1 fully saturated rings. The number of aliphatic hydroxyl groups is 1. The van der Waals surface area contributed by atoms with Gasteiger partial charge in [-0.25, -0.2) is 14.8 Å². The average Bonchev–Trinajstić information content (AvgIpc) is 3.10. The first kappa shape index (κ1) is 17.1. The number of rotatable bonds is 5. The maximum Gasteiger partial charge on any atom is 0.348 e. The largest absolute Gasteiger partial charge is 0.462 e. The van der Waals surface area contributed by atoms with E-state index >= 15 is 0 Å². The Bertz CT molecular complexity index is 761. The molecular weight excluding hydrogens is 326 g/mol. The number of hydrogen-bond donors (Lipinski definition) is 2. The molecule has 0 bridgehead atoms. The normalized spacial score (nSPS) is 23.6. The van der Waals surface area contributed by atoms with Crippen molar-refractivity contribution in [1.29, 1.82) is 0 Å². The Morgan fingerprint density at radius 1 is 1.54 bits per heavy atom. The molecule has 1 saturated carbocycles. The standard InChI is InChI=1S/C17H23N3O3S/c1-4-23-16(22)13-10(2)12-14(18-9-19-15(12)24-13)20-11-6-5-7-17(11,3)8-21/h9,11,21H,4-8H2,1-3H3,(H,18,19,20). The first-order valence-electron chi connectivity index (χ1n) is 8.28. The zero-order chi connectivity index (χ0) is 17.3. The minimum Gasteiger partial charge on any atom is -0.462 e. The van der Waals surface area contributed by atoms with Crippen LogP contribution in [0, 0.1) is 12.3 Å². The van der Waals surface area contributed by atoms with E-state index in [1.165, 1.54) is 17.7 Å². The quantitative estimate of drug-likeness (QED) is 0.807. The highest BCUT2D eigenvalue weighted by molar-refractivity contribution is 7.20. The van der Waals surface area contributed by atoms with Gasteiger partial charge in [-0.1, -0.05) is 13.3 Å². The van der Waals surface area contributed by atoms with E-state index in [4.69, 9.17) is 4.74 Å². The summed E-state index contributed by atoms with van der Waals surface area (Å²) in [7, 11) is 0. The molecule has 3 rings (SSSR count). The molecule has 1 aliphatic rings. The summed E-state index contributed by atoms with van der Waals surface area (Å²) in [5.74, 6) is 0.417. The van der Waals surface area contributed by atoms with Crippen LogP contribution in [0.1, 0.15) is 48.3 Å². The third-order valence-electron chi connectivity index (χ3n) is 4.94. The number of anilines is 1. The van der Waals surface area contributed by atoms with Crippen LogP contribution in [0.3, 0.4) is 0 Å². The number of hydrogen-bond acceptors (Lipinski definition) is 7. The Kier molecular flexibility index (Phi) is 4.73. The lowest BCUT2D eigenvalue weighted by Gasteiger charge is -2.30. The fourth-order valence-electron chi connectivity index (χ4n) is 3.41. The Labute approximate surface area is 145 Å². The highest BCUT2D eigenvalue weighted by atomic mass is 32.1. The number of aliphatic hydroxyl groups excluding tert-OH is 1. The smallest absolute Gasteiger partial charge is 0.348 e. The summed E-state index contributed by atoms with van der Waals surface area (Å²) in [5, 5.41) is 14.1. The van der Waals surface area contributed by atoms with Crippen molar-refractivity contribution < 1.29 is 14.6 Å². The maximum absolute atomic E-state index is 12.1. The highest BCUT2D eigenvalue weighted by Gasteiger charge is 2.38. The average molecular weight is 349 g/mol. The first-order chi connectivity index (χ1) is 11.5. The predicted molar refractivity (Wildman–Crippen MR) is 94.6 cm³/mol. The molecule has 0 amide bonds. The minimum absolute atomic E-state index is 0.148. The molecule has 2 atom stereocenters. The third-order valence-corrected chi connectivity index (χ3v) is 6.12. The molecule has 2 unspecified atom stereocenters. The van der Waals surface area contributed by atoms with E-state index in [0.29, 0.717) is 11.5 Å². The summed E-state index contributed by atoms with van der Waals surface area (Å²) in [6.45, 7) is 6.29. The van der Waals surface area contributed by atoms with Gasteiger partial charge in [0, 0.05) is 11.5 Å². The lowest BCUT2D eigenvalue weighted by molar-refractivity contribution is 0.0531. The van der Waals surface area contributed by atoms with Crippen LogP contribution >= 0.6 is 11.3 Å². The molecule has 24 heavy (non-hydrogen) atoms. The number of thiophene rings is 1. The van der Waals surface area contributed by atoms with Gasteiger partial charge in [-0.05, 0) is 32.3 Å². The van der Waals surface area contributed by atoms with E-state index in [-0.39, 0.29) is 24.0 Å². The number of nitrogens with zero attached hydrogens (tertiary/aromatic N) is 2. The van der Waals surface area contributed by atoms with Crippen LogP contribution in [-0.4, -0.2) is 40.3 Å². The van der Waals surface area contributed by atoms with Crippen LogP contribution in [0.25, 0.3) is 10.2 Å². The topological polar surface area (TPSA) is 84.3 Å². The van der Waals surface area contributed by atoms with Crippen molar-refractivity contribution in [2.24, 2.45) is 5.41 Å². The molecule has 6 nitrogen and oxygen atoms in total. The summed E-state index contributed by atoms with van der Waals surface area (Å²) in [6.07, 6.45) is 4.59. The molecule has 2 N–H and O–H groups in total. The molecule has 130 valence electrons. The number of carbonyl (C=O) groups excluding carboxylic acids is 1. The van der Waals surface area contributed by atoms with Gasteiger partial charge in [0.05, 0.1) is 18.6 Å². The second kappa shape index (κ2) is 6.64. The predicted octanol–water partition coefficient (Wildman–Crippen LogP) is 3.14. The Hall–Kier alpha value is -1.73. The molecule has 0 aromatic carbocycles. The lowest BCUT2D eigenvalue weighted by atomic mass is 9.86. The van der Waals surface area contributed by atoms with Gasteiger partial charge in [-0.3, -0.25) is 0 Å². The van der Waals surface area contributed by atoms with Gasteiger partial charge in [-0.15, -0.1) is 11.3 Å². The van der Waals surface area contributed by atoms with Crippen molar-refractivity contribution in [1.82, 2.24) is 9.97 Å². The number of aromatic nitrogens is 2. The molecule has 0 aliphatic heterocycles. The highest BCUT2D eigenvalue weighted by Crippen LogP contribution is 2.41. The van der Waals surface area contributed by atoms with Crippen LogP contribution in [0.15, 0.2) is 6.33 Å². The first-order valence-corrected chi connectivity index (χ1v) is 9.10. The summed E-state index contributed by atoms with van der Waals surface area (Å²) in [6, 6.07) is 0.158. The van der Waals surface area contributed by atoms with Gasteiger partial charge in [0.1, 0.15) is 21.9 Å². The van der Waals surface area contributed by atoms with Crippen molar-refractivity contribution in [3.8, 4) is 0 Å². The van der Waals surface area contributed by atoms with Crippen LogP contribution in [0.4, 0.5) is 5.82 Å².